The van der Waals surface area contributed by atoms with Gasteiger partial charge in [-0.05, 0) is 76.3 Å². The van der Waals surface area contributed by atoms with Gasteiger partial charge in [0.1, 0.15) is 0 Å². The molecule has 1 aliphatic heterocycles. The summed E-state index contributed by atoms with van der Waals surface area (Å²) in [7, 11) is -8.67. The van der Waals surface area contributed by atoms with E-state index in [9.17, 15) is 0 Å². The van der Waals surface area contributed by atoms with E-state index in [4.69, 9.17) is 13.3 Å². The van der Waals surface area contributed by atoms with Crippen molar-refractivity contribution in [2.24, 2.45) is 0 Å². The quantitative estimate of drug-likeness (QED) is 0.137. The molecular weight excluding hydrogens is 585 g/mol. The molecule has 0 aromatic rings. The third-order valence-electron chi connectivity index (χ3n) is 12.8. The van der Waals surface area contributed by atoms with Gasteiger partial charge in [0.05, 0.1) is 19.8 Å². The average Bonchev–Trinajstić information content (AvgIpc) is 3.34. The second-order valence-corrected chi connectivity index (χ2v) is 38.8. The zero-order valence-corrected chi connectivity index (χ0v) is 36.1. The molecule has 8 heteroatoms. The van der Waals surface area contributed by atoms with E-state index >= 15 is 0 Å². The molecule has 0 aliphatic carbocycles. The summed E-state index contributed by atoms with van der Waals surface area (Å²) >= 11 is 0. The van der Waals surface area contributed by atoms with Gasteiger partial charge in [-0.15, -0.1) is 6.58 Å². The Hall–Kier alpha value is 0.704. The normalized spacial score (nSPS) is 27.4. The first-order valence-corrected chi connectivity index (χ1v) is 31.6. The van der Waals surface area contributed by atoms with E-state index in [0.29, 0.717) is 5.73 Å². The van der Waals surface area contributed by atoms with Crippen LogP contribution < -0.4 is 0 Å². The summed E-state index contributed by atoms with van der Waals surface area (Å²) in [4.78, 5) is 0. The van der Waals surface area contributed by atoms with E-state index in [1.807, 2.05) is 0 Å². The first-order valence-electron chi connectivity index (χ1n) is 17.3. The average molecular weight is 659 g/mol. The molecule has 0 bridgehead atoms. The molecule has 8 unspecified atom stereocenters. The lowest BCUT2D eigenvalue weighted by atomic mass is 9.85. The van der Waals surface area contributed by atoms with Crippen LogP contribution in [0.3, 0.4) is 0 Å². The highest BCUT2D eigenvalue weighted by atomic mass is 28.4. The van der Waals surface area contributed by atoms with Crippen molar-refractivity contribution < 1.29 is 13.3 Å². The van der Waals surface area contributed by atoms with Crippen LogP contribution >= 0.6 is 0 Å². The first kappa shape index (κ1) is 39.7. The summed E-state index contributed by atoms with van der Waals surface area (Å²) in [5.74, 6) is 0. The summed E-state index contributed by atoms with van der Waals surface area (Å²) in [6.45, 7) is 46.3. The van der Waals surface area contributed by atoms with Gasteiger partial charge in [0.25, 0.3) is 0 Å². The zero-order chi connectivity index (χ0) is 32.3. The SMILES string of the molecule is C=C[Si]1(C(C)(CC)C(C)(CC)O[SiH](C)C(CC)[Si](C)(C)C)CCC(C(CC)(CC)[Si](C)(CC)OC(C)[Si](C)(C)C)O1. The topological polar surface area (TPSA) is 27.7 Å². The highest BCUT2D eigenvalue weighted by Crippen LogP contribution is 2.63. The minimum Gasteiger partial charge on any atom is -0.417 e. The fourth-order valence-electron chi connectivity index (χ4n) is 8.67. The van der Waals surface area contributed by atoms with Crippen LogP contribution in [0.25, 0.3) is 0 Å². The van der Waals surface area contributed by atoms with E-state index in [1.165, 1.54) is 6.42 Å². The van der Waals surface area contributed by atoms with Gasteiger partial charge in [-0.3, -0.25) is 0 Å². The Morgan fingerprint density at radius 2 is 1.46 bits per heavy atom. The Labute approximate surface area is 264 Å². The molecule has 1 fully saturated rings. The number of hydrogen-bond donors (Lipinski definition) is 0. The lowest BCUT2D eigenvalue weighted by Gasteiger charge is -2.56. The van der Waals surface area contributed by atoms with Crippen LogP contribution in [-0.2, 0) is 13.3 Å². The predicted octanol–water partition coefficient (Wildman–Crippen LogP) is 11.3. The molecule has 244 valence electrons. The molecular formula is C33H74O3Si5. The molecule has 8 atom stereocenters. The predicted molar refractivity (Wildman–Crippen MR) is 198 cm³/mol. The lowest BCUT2D eigenvalue weighted by molar-refractivity contribution is 0.0165. The van der Waals surface area contributed by atoms with E-state index in [1.54, 1.807) is 0 Å². The van der Waals surface area contributed by atoms with Crippen LogP contribution in [0.1, 0.15) is 101 Å². The summed E-state index contributed by atoms with van der Waals surface area (Å²) in [6, 6.07) is 2.30. The van der Waals surface area contributed by atoms with Crippen molar-refractivity contribution in [3.63, 3.8) is 0 Å². The maximum Gasteiger partial charge on any atom is 0.225 e. The van der Waals surface area contributed by atoms with Crippen molar-refractivity contribution in [3.05, 3.63) is 12.3 Å². The molecule has 0 aromatic carbocycles. The second-order valence-electron chi connectivity index (χ2n) is 16.3. The summed E-state index contributed by atoms with van der Waals surface area (Å²) in [6.07, 6.45) is 7.01. The largest absolute Gasteiger partial charge is 0.417 e. The molecule has 0 saturated carbocycles. The first-order chi connectivity index (χ1) is 18.6. The Morgan fingerprint density at radius 1 is 0.927 bits per heavy atom. The number of rotatable bonds is 18. The van der Waals surface area contributed by atoms with Gasteiger partial charge in [0.2, 0.25) is 8.32 Å². The smallest absolute Gasteiger partial charge is 0.225 e. The van der Waals surface area contributed by atoms with Crippen LogP contribution in [-0.4, -0.2) is 59.3 Å². The monoisotopic (exact) mass is 658 g/mol. The van der Waals surface area contributed by atoms with Gasteiger partial charge >= 0.3 is 0 Å². The molecule has 1 aliphatic rings. The minimum absolute atomic E-state index is 0.0336. The zero-order valence-electron chi connectivity index (χ0n) is 31.0. The third kappa shape index (κ3) is 7.41. The molecule has 3 nitrogen and oxygen atoms in total. The van der Waals surface area contributed by atoms with Crippen LogP contribution in [0, 0.1) is 0 Å². The third-order valence-corrected chi connectivity index (χ3v) is 35.6. The van der Waals surface area contributed by atoms with Crippen molar-refractivity contribution in [3.8, 4) is 0 Å². The van der Waals surface area contributed by atoms with Gasteiger partial charge in [-0.25, -0.2) is 0 Å². The maximum absolute atomic E-state index is 7.73. The van der Waals surface area contributed by atoms with Crippen molar-refractivity contribution >= 4 is 41.8 Å². The van der Waals surface area contributed by atoms with Crippen LogP contribution in [0.5, 0.6) is 0 Å². The maximum atomic E-state index is 7.73. The number of hydrogen-bond acceptors (Lipinski definition) is 3. The lowest BCUT2D eigenvalue weighted by Crippen LogP contribution is -2.61. The fourth-order valence-corrected chi connectivity index (χ4v) is 29.5. The minimum atomic E-state index is -2.40. The van der Waals surface area contributed by atoms with Crippen molar-refractivity contribution in [2.45, 2.75) is 198 Å². The van der Waals surface area contributed by atoms with Gasteiger partial charge in [-0.2, -0.15) is 0 Å². The van der Waals surface area contributed by atoms with Gasteiger partial charge in [0, 0.05) is 23.9 Å². The van der Waals surface area contributed by atoms with Crippen molar-refractivity contribution in [1.82, 2.24) is 0 Å². The highest BCUT2D eigenvalue weighted by Gasteiger charge is 2.66. The van der Waals surface area contributed by atoms with Gasteiger partial charge in [0.15, 0.2) is 17.4 Å². The molecule has 1 saturated heterocycles. The Balaban J connectivity index is 3.63. The summed E-state index contributed by atoms with van der Waals surface area (Å²) in [5.41, 5.74) is 2.49. The van der Waals surface area contributed by atoms with Crippen LogP contribution in [0.4, 0.5) is 0 Å². The Morgan fingerprint density at radius 3 is 1.80 bits per heavy atom. The van der Waals surface area contributed by atoms with E-state index in [-0.39, 0.29) is 21.8 Å². The Kier molecular flexibility index (Phi) is 14.0. The molecule has 0 N–H and O–H groups in total. The molecule has 1 heterocycles. The van der Waals surface area contributed by atoms with E-state index in [2.05, 4.69) is 127 Å². The summed E-state index contributed by atoms with van der Waals surface area (Å²) < 4.78 is 22.5. The summed E-state index contributed by atoms with van der Waals surface area (Å²) in [5, 5.41) is 0.856. The molecule has 1 rings (SSSR count). The molecule has 0 amide bonds. The van der Waals surface area contributed by atoms with Crippen LogP contribution in [0.2, 0.25) is 79.7 Å². The molecule has 0 spiro atoms. The van der Waals surface area contributed by atoms with E-state index < -0.39 is 41.8 Å². The van der Waals surface area contributed by atoms with Crippen LogP contribution in [0.15, 0.2) is 12.3 Å². The highest BCUT2D eigenvalue weighted by molar-refractivity contribution is 6.88. The van der Waals surface area contributed by atoms with Gasteiger partial charge < -0.3 is 13.3 Å². The van der Waals surface area contributed by atoms with E-state index in [0.717, 1.165) is 49.4 Å². The van der Waals surface area contributed by atoms with Gasteiger partial charge in [-0.1, -0.05) is 99.9 Å². The van der Waals surface area contributed by atoms with Crippen molar-refractivity contribution in [1.29, 1.82) is 0 Å². The standard InChI is InChI=1S/C33H74O3Si5/c1-19-30(39(15,16)17)37(11)36-31(9,20-2)32(10,21-3)41(25-7)27-26-29(35-41)33(22-4,23-5)40(18,24-6)34-28(8)38(12,13)14/h25,28-30,37H,7,19-24,26-27H2,1-6,8-18H3. The molecule has 0 aromatic heterocycles. The fraction of sp³-hybridized carbons (Fsp3) is 0.939. The molecule has 0 radical (unpaired) electrons. The Bertz CT molecular complexity index is 838. The second kappa shape index (κ2) is 14.4. The van der Waals surface area contributed by atoms with Crippen molar-refractivity contribution in [2.75, 3.05) is 0 Å². The molecule has 41 heavy (non-hydrogen) atoms.